The van der Waals surface area contributed by atoms with Crippen molar-refractivity contribution in [2.24, 2.45) is 0 Å². The third-order valence-corrected chi connectivity index (χ3v) is 4.84. The van der Waals surface area contributed by atoms with E-state index >= 15 is 0 Å². The van der Waals surface area contributed by atoms with Gasteiger partial charge < -0.3 is 0 Å². The Bertz CT molecular complexity index is 602. The minimum absolute atomic E-state index is 0.0732. The Morgan fingerprint density at radius 1 is 0.889 bits per heavy atom. The molecule has 0 aliphatic carbocycles. The highest BCUT2D eigenvalue weighted by molar-refractivity contribution is 8.08. The molecule has 94 valence electrons. The third kappa shape index (κ3) is 2.90. The maximum absolute atomic E-state index is 13.8. The van der Waals surface area contributed by atoms with Crippen molar-refractivity contribution >= 4 is 22.0 Å². The van der Waals surface area contributed by atoms with Gasteiger partial charge in [-0.25, -0.2) is 8.42 Å². The number of benzene rings is 2. The standard InChI is InChI=1S/C12H10FNO2S2/c13-14(17-11-7-3-1-4-8-11)18(15,16)12-9-5-2-6-10-12/h1-10H. The van der Waals surface area contributed by atoms with Gasteiger partial charge in [-0.05, 0) is 24.3 Å². The average molecular weight is 283 g/mol. The lowest BCUT2D eigenvalue weighted by atomic mass is 10.4. The van der Waals surface area contributed by atoms with Gasteiger partial charge in [0.15, 0.2) is 0 Å². The van der Waals surface area contributed by atoms with Crippen LogP contribution in [0.1, 0.15) is 0 Å². The lowest BCUT2D eigenvalue weighted by Gasteiger charge is -2.11. The molecule has 2 aromatic carbocycles. The van der Waals surface area contributed by atoms with Gasteiger partial charge in [0.25, 0.3) is 10.0 Å². The monoisotopic (exact) mass is 283 g/mol. The number of nitrogens with zero attached hydrogens (tertiary/aromatic N) is 1. The second-order valence-corrected chi connectivity index (χ2v) is 6.35. The molecular weight excluding hydrogens is 273 g/mol. The van der Waals surface area contributed by atoms with Gasteiger partial charge in [0, 0.05) is 20.8 Å². The first-order valence-corrected chi connectivity index (χ1v) is 7.31. The summed E-state index contributed by atoms with van der Waals surface area (Å²) >= 11 is 0.524. The van der Waals surface area contributed by atoms with Crippen molar-refractivity contribution < 1.29 is 12.9 Å². The SMILES string of the molecule is O=S(=O)(c1ccccc1)N(F)Sc1ccccc1. The lowest BCUT2D eigenvalue weighted by molar-refractivity contribution is 0.275. The number of halogens is 1. The maximum Gasteiger partial charge on any atom is 0.279 e. The number of hydrogen-bond donors (Lipinski definition) is 0. The summed E-state index contributed by atoms with van der Waals surface area (Å²) in [6.07, 6.45) is 0. The summed E-state index contributed by atoms with van der Waals surface area (Å²) in [6.45, 7) is 0. The molecule has 0 aliphatic heterocycles. The Kier molecular flexibility index (Phi) is 4.00. The molecule has 0 bridgehead atoms. The van der Waals surface area contributed by atoms with Crippen LogP contribution < -0.4 is 0 Å². The van der Waals surface area contributed by atoms with Crippen molar-refractivity contribution in [3.63, 3.8) is 0 Å². The quantitative estimate of drug-likeness (QED) is 0.638. The largest absolute Gasteiger partial charge is 0.279 e. The summed E-state index contributed by atoms with van der Waals surface area (Å²) in [6, 6.07) is 16.0. The van der Waals surface area contributed by atoms with Crippen molar-refractivity contribution in [2.75, 3.05) is 0 Å². The van der Waals surface area contributed by atoms with Crippen molar-refractivity contribution in [2.45, 2.75) is 9.79 Å². The molecule has 0 atom stereocenters. The van der Waals surface area contributed by atoms with E-state index < -0.39 is 10.0 Å². The van der Waals surface area contributed by atoms with Crippen LogP contribution in [0.4, 0.5) is 4.48 Å². The summed E-state index contributed by atoms with van der Waals surface area (Å²) in [5.41, 5.74) is 0. The van der Waals surface area contributed by atoms with Crippen LogP contribution in [0.2, 0.25) is 0 Å². The van der Waals surface area contributed by atoms with Crippen LogP contribution in [0.5, 0.6) is 0 Å². The zero-order chi connectivity index (χ0) is 13.0. The average Bonchev–Trinajstić information content (AvgIpc) is 2.41. The molecule has 0 aliphatic rings. The van der Waals surface area contributed by atoms with Crippen LogP contribution in [0.15, 0.2) is 70.5 Å². The Balaban J connectivity index is 2.21. The van der Waals surface area contributed by atoms with Crippen molar-refractivity contribution in [1.29, 1.82) is 0 Å². The molecule has 0 radical (unpaired) electrons. The molecule has 0 N–H and O–H groups in total. The molecule has 0 fully saturated rings. The minimum Gasteiger partial charge on any atom is -0.204 e. The van der Waals surface area contributed by atoms with E-state index in [1.165, 1.54) is 12.1 Å². The highest BCUT2D eigenvalue weighted by Crippen LogP contribution is 2.29. The molecule has 0 amide bonds. The van der Waals surface area contributed by atoms with Crippen LogP contribution in [-0.2, 0) is 10.0 Å². The smallest absolute Gasteiger partial charge is 0.204 e. The summed E-state index contributed by atoms with van der Waals surface area (Å²) < 4.78 is 37.3. The lowest BCUT2D eigenvalue weighted by Crippen LogP contribution is -2.16. The minimum atomic E-state index is -4.11. The van der Waals surface area contributed by atoms with Crippen LogP contribution in [-0.4, -0.2) is 12.4 Å². The van der Waals surface area contributed by atoms with E-state index in [0.29, 0.717) is 16.8 Å². The van der Waals surface area contributed by atoms with Gasteiger partial charge in [-0.2, -0.15) is 0 Å². The predicted molar refractivity (Wildman–Crippen MR) is 68.9 cm³/mol. The number of rotatable bonds is 4. The highest BCUT2D eigenvalue weighted by atomic mass is 32.3. The molecule has 0 spiro atoms. The van der Waals surface area contributed by atoms with Gasteiger partial charge in [-0.1, -0.05) is 36.4 Å². The van der Waals surface area contributed by atoms with E-state index in [1.54, 1.807) is 48.5 Å². The Morgan fingerprint density at radius 2 is 1.39 bits per heavy atom. The van der Waals surface area contributed by atoms with E-state index in [9.17, 15) is 12.9 Å². The summed E-state index contributed by atoms with van der Waals surface area (Å²) in [7, 11) is -4.11. The van der Waals surface area contributed by atoms with E-state index in [0.717, 1.165) is 0 Å². The Morgan fingerprint density at radius 3 is 1.94 bits per heavy atom. The van der Waals surface area contributed by atoms with Crippen molar-refractivity contribution in [3.05, 3.63) is 60.7 Å². The van der Waals surface area contributed by atoms with Gasteiger partial charge in [0.2, 0.25) is 0 Å². The maximum atomic E-state index is 13.8. The van der Waals surface area contributed by atoms with Gasteiger partial charge in [-0.15, -0.1) is 4.48 Å². The van der Waals surface area contributed by atoms with E-state index in [4.69, 9.17) is 0 Å². The van der Waals surface area contributed by atoms with Crippen LogP contribution >= 0.6 is 11.9 Å². The highest BCUT2D eigenvalue weighted by Gasteiger charge is 2.25. The van der Waals surface area contributed by atoms with E-state index in [-0.39, 0.29) is 8.83 Å². The molecule has 2 rings (SSSR count). The second-order valence-electron chi connectivity index (χ2n) is 3.41. The van der Waals surface area contributed by atoms with Crippen molar-refractivity contribution in [1.82, 2.24) is 3.93 Å². The van der Waals surface area contributed by atoms with Crippen LogP contribution in [0, 0.1) is 0 Å². The summed E-state index contributed by atoms with van der Waals surface area (Å²) in [5, 5.41) is 0. The molecule has 6 heteroatoms. The zero-order valence-electron chi connectivity index (χ0n) is 9.23. The number of hydrogen-bond acceptors (Lipinski definition) is 3. The molecule has 3 nitrogen and oxygen atoms in total. The summed E-state index contributed by atoms with van der Waals surface area (Å²) in [5.74, 6) is 0. The molecule has 18 heavy (non-hydrogen) atoms. The van der Waals surface area contributed by atoms with E-state index in [2.05, 4.69) is 0 Å². The first-order chi connectivity index (χ1) is 8.60. The summed E-state index contributed by atoms with van der Waals surface area (Å²) in [4.78, 5) is 0.440. The third-order valence-electron chi connectivity index (χ3n) is 2.15. The first kappa shape index (κ1) is 13.1. The molecule has 0 heterocycles. The topological polar surface area (TPSA) is 37.4 Å². The molecule has 0 saturated heterocycles. The second kappa shape index (κ2) is 5.51. The van der Waals surface area contributed by atoms with E-state index in [1.807, 2.05) is 0 Å². The Labute approximate surface area is 109 Å². The molecule has 0 aromatic heterocycles. The van der Waals surface area contributed by atoms with Crippen LogP contribution in [0.3, 0.4) is 0 Å². The number of sulfonamides is 1. The van der Waals surface area contributed by atoms with Gasteiger partial charge >= 0.3 is 0 Å². The molecule has 2 aromatic rings. The van der Waals surface area contributed by atoms with Gasteiger partial charge in [0.1, 0.15) is 0 Å². The van der Waals surface area contributed by atoms with Crippen molar-refractivity contribution in [3.8, 4) is 0 Å². The molecule has 0 saturated carbocycles. The predicted octanol–water partition coefficient (Wildman–Crippen LogP) is 3.27. The zero-order valence-corrected chi connectivity index (χ0v) is 10.9. The molecular formula is C12H10FNO2S2. The van der Waals surface area contributed by atoms with Gasteiger partial charge in [0.05, 0.1) is 4.90 Å². The van der Waals surface area contributed by atoms with Gasteiger partial charge in [-0.3, -0.25) is 0 Å². The Hall–Kier alpha value is -1.37. The first-order valence-electron chi connectivity index (χ1n) is 5.10. The fourth-order valence-corrected chi connectivity index (χ4v) is 3.31. The fourth-order valence-electron chi connectivity index (χ4n) is 1.29. The van der Waals surface area contributed by atoms with Crippen LogP contribution in [0.25, 0.3) is 0 Å². The molecule has 0 unspecified atom stereocenters. The fraction of sp³-hybridized carbons (Fsp3) is 0. The normalized spacial score (nSPS) is 11.7.